The number of benzene rings is 1. The zero-order chi connectivity index (χ0) is 13.2. The summed E-state index contributed by atoms with van der Waals surface area (Å²) in [5.41, 5.74) is 3.41. The Labute approximate surface area is 107 Å². The van der Waals surface area contributed by atoms with E-state index in [0.29, 0.717) is 5.82 Å². The largest absolute Gasteiger partial charge is 0.204 e. The van der Waals surface area contributed by atoms with Crippen LogP contribution in [-0.2, 0) is 0 Å². The number of hydrogen-bond donors (Lipinski definition) is 1. The number of nitrogens with one attached hydrogen (secondary N) is 1. The van der Waals surface area contributed by atoms with Crippen LogP contribution in [0.5, 0.6) is 0 Å². The molecule has 0 radical (unpaired) electrons. The lowest BCUT2D eigenvalue weighted by atomic mass is 9.90. The van der Waals surface area contributed by atoms with E-state index in [0.717, 1.165) is 11.1 Å². The molecule has 0 aliphatic heterocycles. The standard InChI is InChI=1S/C14H18N4/c1-10-5-7-11(8-6-10)12(9-14(2,3)4)13-15-17-18-16-13/h5-9H,1-4H3,(H,15,16,17,18). The Bertz CT molecular complexity index is 530. The van der Waals surface area contributed by atoms with Gasteiger partial charge in [-0.25, -0.2) is 0 Å². The fraction of sp³-hybridized carbons (Fsp3) is 0.357. The molecule has 94 valence electrons. The molecule has 18 heavy (non-hydrogen) atoms. The molecular weight excluding hydrogens is 224 g/mol. The second-order valence-electron chi connectivity index (χ2n) is 5.53. The van der Waals surface area contributed by atoms with Crippen molar-refractivity contribution in [3.05, 3.63) is 47.3 Å². The number of nitrogens with zero attached hydrogens (tertiary/aromatic N) is 3. The predicted molar refractivity (Wildman–Crippen MR) is 71.9 cm³/mol. The van der Waals surface area contributed by atoms with E-state index in [-0.39, 0.29) is 5.41 Å². The number of aromatic nitrogens is 4. The van der Waals surface area contributed by atoms with Gasteiger partial charge in [0.15, 0.2) is 0 Å². The molecule has 2 aromatic rings. The highest BCUT2D eigenvalue weighted by Gasteiger charge is 2.15. The van der Waals surface area contributed by atoms with Crippen molar-refractivity contribution in [2.75, 3.05) is 0 Å². The van der Waals surface area contributed by atoms with Gasteiger partial charge in [-0.1, -0.05) is 56.7 Å². The first kappa shape index (κ1) is 12.5. The minimum Gasteiger partial charge on any atom is -0.177 e. The van der Waals surface area contributed by atoms with Crippen LogP contribution in [-0.4, -0.2) is 20.6 Å². The zero-order valence-electron chi connectivity index (χ0n) is 11.2. The molecule has 4 heteroatoms. The fourth-order valence-electron chi connectivity index (χ4n) is 1.72. The van der Waals surface area contributed by atoms with E-state index in [2.05, 4.69) is 78.7 Å². The molecule has 0 saturated heterocycles. The Kier molecular flexibility index (Phi) is 3.28. The summed E-state index contributed by atoms with van der Waals surface area (Å²) < 4.78 is 0. The van der Waals surface area contributed by atoms with E-state index < -0.39 is 0 Å². The molecule has 0 aliphatic carbocycles. The van der Waals surface area contributed by atoms with E-state index in [9.17, 15) is 0 Å². The van der Waals surface area contributed by atoms with Crippen molar-refractivity contribution in [2.45, 2.75) is 27.7 Å². The van der Waals surface area contributed by atoms with Gasteiger partial charge in [0.1, 0.15) is 0 Å². The zero-order valence-corrected chi connectivity index (χ0v) is 11.2. The summed E-state index contributed by atoms with van der Waals surface area (Å²) in [5.74, 6) is 0.633. The number of tetrazole rings is 1. The number of hydrogen-bond acceptors (Lipinski definition) is 3. The Balaban J connectivity index is 2.50. The second kappa shape index (κ2) is 4.72. The van der Waals surface area contributed by atoms with Crippen LogP contribution in [0.3, 0.4) is 0 Å². The van der Waals surface area contributed by atoms with Crippen molar-refractivity contribution in [1.82, 2.24) is 20.6 Å². The molecule has 1 aromatic heterocycles. The highest BCUT2D eigenvalue weighted by atomic mass is 15.5. The summed E-state index contributed by atoms with van der Waals surface area (Å²) in [6.45, 7) is 8.54. The van der Waals surface area contributed by atoms with Gasteiger partial charge in [-0.15, -0.1) is 10.2 Å². The topological polar surface area (TPSA) is 54.5 Å². The Morgan fingerprint density at radius 1 is 1.17 bits per heavy atom. The fourth-order valence-corrected chi connectivity index (χ4v) is 1.72. The minimum absolute atomic E-state index is 0.0564. The van der Waals surface area contributed by atoms with Gasteiger partial charge in [-0.05, 0) is 23.1 Å². The van der Waals surface area contributed by atoms with Gasteiger partial charge in [0.05, 0.1) is 0 Å². The first-order valence-electron chi connectivity index (χ1n) is 5.99. The molecule has 2 rings (SSSR count). The molecule has 1 N–H and O–H groups in total. The number of aryl methyl sites for hydroxylation is 1. The summed E-state index contributed by atoms with van der Waals surface area (Å²) >= 11 is 0. The molecule has 0 atom stereocenters. The van der Waals surface area contributed by atoms with Crippen molar-refractivity contribution >= 4 is 5.57 Å². The quantitative estimate of drug-likeness (QED) is 0.880. The van der Waals surface area contributed by atoms with Crippen molar-refractivity contribution in [3.63, 3.8) is 0 Å². The van der Waals surface area contributed by atoms with Crippen LogP contribution < -0.4 is 0 Å². The van der Waals surface area contributed by atoms with Crippen LogP contribution in [0, 0.1) is 12.3 Å². The maximum Gasteiger partial charge on any atom is 0.204 e. The van der Waals surface area contributed by atoms with Gasteiger partial charge >= 0.3 is 0 Å². The lowest BCUT2D eigenvalue weighted by molar-refractivity contribution is 0.545. The molecule has 0 aliphatic rings. The number of allylic oxidation sites excluding steroid dienone is 1. The van der Waals surface area contributed by atoms with E-state index >= 15 is 0 Å². The summed E-state index contributed by atoms with van der Waals surface area (Å²) in [5, 5.41) is 14.3. The molecule has 1 heterocycles. The van der Waals surface area contributed by atoms with Crippen LogP contribution >= 0.6 is 0 Å². The third-order valence-corrected chi connectivity index (χ3v) is 2.53. The first-order chi connectivity index (χ1) is 8.46. The van der Waals surface area contributed by atoms with Gasteiger partial charge in [0.2, 0.25) is 5.82 Å². The smallest absolute Gasteiger partial charge is 0.177 e. The molecule has 4 nitrogen and oxygen atoms in total. The molecule has 0 unspecified atom stereocenters. The summed E-state index contributed by atoms with van der Waals surface area (Å²) in [4.78, 5) is 0. The normalized spacial score (nSPS) is 12.8. The van der Waals surface area contributed by atoms with Crippen LogP contribution in [0.25, 0.3) is 5.57 Å². The second-order valence-corrected chi connectivity index (χ2v) is 5.53. The Morgan fingerprint density at radius 2 is 1.83 bits per heavy atom. The van der Waals surface area contributed by atoms with E-state index in [1.165, 1.54) is 5.56 Å². The number of aromatic amines is 1. The third kappa shape index (κ3) is 3.03. The molecule has 0 fully saturated rings. The average molecular weight is 242 g/mol. The maximum atomic E-state index is 4.08. The Morgan fingerprint density at radius 3 is 2.33 bits per heavy atom. The Hall–Kier alpha value is -1.97. The van der Waals surface area contributed by atoms with Gasteiger partial charge in [0.25, 0.3) is 0 Å². The molecule has 1 aromatic carbocycles. The highest BCUT2D eigenvalue weighted by Crippen LogP contribution is 2.27. The van der Waals surface area contributed by atoms with Gasteiger partial charge in [-0.2, -0.15) is 5.21 Å². The third-order valence-electron chi connectivity index (χ3n) is 2.53. The summed E-state index contributed by atoms with van der Waals surface area (Å²) in [6.07, 6.45) is 2.17. The SMILES string of the molecule is Cc1ccc(C(=CC(C)(C)C)c2nn[nH]n2)cc1. The molecule has 0 bridgehead atoms. The number of H-pyrrole nitrogens is 1. The van der Waals surface area contributed by atoms with Crippen molar-refractivity contribution < 1.29 is 0 Å². The lowest BCUT2D eigenvalue weighted by Gasteiger charge is -2.15. The van der Waals surface area contributed by atoms with Crippen molar-refractivity contribution in [3.8, 4) is 0 Å². The van der Waals surface area contributed by atoms with Gasteiger partial charge < -0.3 is 0 Å². The molecule has 0 spiro atoms. The minimum atomic E-state index is 0.0564. The van der Waals surface area contributed by atoms with Crippen molar-refractivity contribution in [2.24, 2.45) is 5.41 Å². The van der Waals surface area contributed by atoms with E-state index in [1.54, 1.807) is 0 Å². The molecular formula is C14H18N4. The van der Waals surface area contributed by atoms with E-state index in [4.69, 9.17) is 0 Å². The van der Waals surface area contributed by atoms with Crippen LogP contribution in [0.2, 0.25) is 0 Å². The predicted octanol–water partition coefficient (Wildman–Crippen LogP) is 2.99. The van der Waals surface area contributed by atoms with Gasteiger partial charge in [-0.3, -0.25) is 0 Å². The lowest BCUT2D eigenvalue weighted by Crippen LogP contribution is -2.03. The van der Waals surface area contributed by atoms with Crippen LogP contribution in [0.15, 0.2) is 30.3 Å². The monoisotopic (exact) mass is 242 g/mol. The molecule has 0 amide bonds. The summed E-state index contributed by atoms with van der Waals surface area (Å²) in [6, 6.07) is 8.35. The first-order valence-corrected chi connectivity index (χ1v) is 5.99. The van der Waals surface area contributed by atoms with Crippen molar-refractivity contribution in [1.29, 1.82) is 0 Å². The maximum absolute atomic E-state index is 4.08. The highest BCUT2D eigenvalue weighted by molar-refractivity contribution is 5.76. The average Bonchev–Trinajstić information content (AvgIpc) is 2.79. The molecule has 0 saturated carbocycles. The summed E-state index contributed by atoms with van der Waals surface area (Å²) in [7, 11) is 0. The number of rotatable bonds is 2. The van der Waals surface area contributed by atoms with Crippen LogP contribution in [0.1, 0.15) is 37.7 Å². The van der Waals surface area contributed by atoms with E-state index in [1.807, 2.05) is 0 Å². The van der Waals surface area contributed by atoms with Crippen LogP contribution in [0.4, 0.5) is 0 Å². The van der Waals surface area contributed by atoms with Gasteiger partial charge in [0, 0.05) is 5.57 Å².